The van der Waals surface area contributed by atoms with Gasteiger partial charge in [0, 0.05) is 17.6 Å². The summed E-state index contributed by atoms with van der Waals surface area (Å²) < 4.78 is 54.2. The van der Waals surface area contributed by atoms with Gasteiger partial charge in [-0.05, 0) is 72.8 Å². The molecule has 0 aliphatic rings. The molecule has 172 valence electrons. The van der Waals surface area contributed by atoms with Crippen molar-refractivity contribution in [1.82, 2.24) is 4.98 Å². The highest BCUT2D eigenvalue weighted by atomic mass is 32.2. The molecule has 0 saturated carbocycles. The molecule has 3 N–H and O–H groups in total. The molecule has 0 spiro atoms. The van der Waals surface area contributed by atoms with E-state index in [2.05, 4.69) is 20.3 Å². The molecule has 0 aliphatic carbocycles. The highest BCUT2D eigenvalue weighted by molar-refractivity contribution is 7.92. The van der Waals surface area contributed by atoms with E-state index in [-0.39, 0.29) is 22.0 Å². The Hall–Kier alpha value is -4.31. The van der Waals surface area contributed by atoms with E-state index >= 15 is 0 Å². The van der Waals surface area contributed by atoms with Gasteiger partial charge in [0.2, 0.25) is 0 Å². The monoisotopic (exact) mass is 480 g/mol. The minimum absolute atomic E-state index is 0.0652. The first kappa shape index (κ1) is 22.9. The van der Waals surface area contributed by atoms with Gasteiger partial charge in [0.05, 0.1) is 16.1 Å². The SMILES string of the molecule is O=C(Nc1ccc(S(=O)(=O)Nc2cccc(F)c2)cc1)c1cccnc1Nc1cccc(F)c1. The average molecular weight is 480 g/mol. The van der Waals surface area contributed by atoms with Crippen molar-refractivity contribution in [1.29, 1.82) is 0 Å². The van der Waals surface area contributed by atoms with Gasteiger partial charge >= 0.3 is 0 Å². The van der Waals surface area contributed by atoms with Crippen molar-refractivity contribution in [3.8, 4) is 0 Å². The summed E-state index contributed by atoms with van der Waals surface area (Å²) in [6, 6.07) is 19.4. The Morgan fingerprint density at radius 1 is 0.765 bits per heavy atom. The summed E-state index contributed by atoms with van der Waals surface area (Å²) in [6.07, 6.45) is 1.49. The van der Waals surface area contributed by atoms with Crippen LogP contribution in [0.4, 0.5) is 31.7 Å². The number of nitrogens with one attached hydrogen (secondary N) is 3. The van der Waals surface area contributed by atoms with Gasteiger partial charge in [-0.1, -0.05) is 12.1 Å². The van der Waals surface area contributed by atoms with Gasteiger partial charge in [-0.15, -0.1) is 0 Å². The number of amides is 1. The van der Waals surface area contributed by atoms with Gasteiger partial charge in [-0.25, -0.2) is 22.2 Å². The minimum atomic E-state index is -3.95. The molecule has 0 bridgehead atoms. The van der Waals surface area contributed by atoms with Crippen LogP contribution in [-0.4, -0.2) is 19.3 Å². The van der Waals surface area contributed by atoms with E-state index < -0.39 is 27.6 Å². The van der Waals surface area contributed by atoms with Crippen LogP contribution in [0.15, 0.2) is 96.0 Å². The first-order chi connectivity index (χ1) is 16.3. The molecule has 10 heteroatoms. The van der Waals surface area contributed by atoms with Gasteiger partial charge in [0.1, 0.15) is 17.5 Å². The summed E-state index contributed by atoms with van der Waals surface area (Å²) in [5, 5.41) is 5.58. The summed E-state index contributed by atoms with van der Waals surface area (Å²) in [4.78, 5) is 16.9. The van der Waals surface area contributed by atoms with Crippen LogP contribution in [0, 0.1) is 11.6 Å². The van der Waals surface area contributed by atoms with Crippen LogP contribution in [-0.2, 0) is 10.0 Å². The maximum absolute atomic E-state index is 13.5. The number of benzene rings is 3. The lowest BCUT2D eigenvalue weighted by Crippen LogP contribution is -2.15. The second-order valence-corrected chi connectivity index (χ2v) is 8.81. The van der Waals surface area contributed by atoms with Gasteiger partial charge in [-0.2, -0.15) is 0 Å². The Morgan fingerprint density at radius 3 is 2.09 bits per heavy atom. The van der Waals surface area contributed by atoms with Crippen molar-refractivity contribution < 1.29 is 22.0 Å². The number of sulfonamides is 1. The number of halogens is 2. The second kappa shape index (κ2) is 9.67. The number of aromatic nitrogens is 1. The predicted octanol–water partition coefficient (Wildman–Crippen LogP) is 5.16. The quantitative estimate of drug-likeness (QED) is 0.339. The molecule has 3 aromatic carbocycles. The number of anilines is 4. The number of rotatable bonds is 7. The summed E-state index contributed by atoms with van der Waals surface area (Å²) in [5.41, 5.74) is 1.06. The predicted molar refractivity (Wildman–Crippen MR) is 126 cm³/mol. The Kier molecular flexibility index (Phi) is 6.51. The summed E-state index contributed by atoms with van der Waals surface area (Å²) in [5.74, 6) is -1.28. The zero-order chi connectivity index (χ0) is 24.1. The molecule has 0 fully saturated rings. The zero-order valence-corrected chi connectivity index (χ0v) is 18.3. The van der Waals surface area contributed by atoms with Gasteiger partial charge in [0.25, 0.3) is 15.9 Å². The van der Waals surface area contributed by atoms with E-state index in [0.717, 1.165) is 6.07 Å². The number of carbonyl (C=O) groups excluding carboxylic acids is 1. The van der Waals surface area contributed by atoms with Crippen molar-refractivity contribution in [2.24, 2.45) is 0 Å². The van der Waals surface area contributed by atoms with Crippen molar-refractivity contribution in [3.05, 3.63) is 108 Å². The van der Waals surface area contributed by atoms with Gasteiger partial charge in [-0.3, -0.25) is 9.52 Å². The molecule has 0 radical (unpaired) electrons. The van der Waals surface area contributed by atoms with Crippen LogP contribution in [0.3, 0.4) is 0 Å². The summed E-state index contributed by atoms with van der Waals surface area (Å²) in [6.45, 7) is 0. The molecule has 7 nitrogen and oxygen atoms in total. The number of hydrogen-bond donors (Lipinski definition) is 3. The smallest absolute Gasteiger partial charge is 0.261 e. The number of pyridine rings is 1. The molecular formula is C24H18F2N4O3S. The van der Waals surface area contributed by atoms with Crippen molar-refractivity contribution in [2.45, 2.75) is 4.90 Å². The summed E-state index contributed by atoms with van der Waals surface area (Å²) >= 11 is 0. The highest BCUT2D eigenvalue weighted by Gasteiger charge is 2.16. The third kappa shape index (κ3) is 5.54. The molecule has 0 atom stereocenters. The van der Waals surface area contributed by atoms with Crippen LogP contribution in [0.1, 0.15) is 10.4 Å². The third-order valence-corrected chi connectivity index (χ3v) is 6.04. The molecule has 4 rings (SSSR count). The molecule has 0 saturated heterocycles. The summed E-state index contributed by atoms with van der Waals surface area (Å²) in [7, 11) is -3.95. The van der Waals surface area contributed by atoms with Gasteiger partial charge < -0.3 is 10.6 Å². The average Bonchev–Trinajstić information content (AvgIpc) is 2.79. The van der Waals surface area contributed by atoms with E-state index in [1.54, 1.807) is 18.2 Å². The number of hydrogen-bond acceptors (Lipinski definition) is 5. The largest absolute Gasteiger partial charge is 0.339 e. The molecule has 1 heterocycles. The van der Waals surface area contributed by atoms with Crippen molar-refractivity contribution in [2.75, 3.05) is 15.4 Å². The molecule has 4 aromatic rings. The lowest BCUT2D eigenvalue weighted by atomic mass is 10.2. The van der Waals surface area contributed by atoms with Crippen LogP contribution < -0.4 is 15.4 Å². The lowest BCUT2D eigenvalue weighted by Gasteiger charge is -2.12. The van der Waals surface area contributed by atoms with E-state index in [1.807, 2.05) is 0 Å². The lowest BCUT2D eigenvalue weighted by molar-refractivity contribution is 0.102. The fourth-order valence-electron chi connectivity index (χ4n) is 3.07. The Bertz CT molecular complexity index is 1440. The van der Waals surface area contributed by atoms with Crippen LogP contribution in [0.25, 0.3) is 0 Å². The van der Waals surface area contributed by atoms with E-state index in [4.69, 9.17) is 0 Å². The van der Waals surface area contributed by atoms with E-state index in [1.165, 1.54) is 66.9 Å². The maximum Gasteiger partial charge on any atom is 0.261 e. The fourth-order valence-corrected chi connectivity index (χ4v) is 4.12. The van der Waals surface area contributed by atoms with E-state index in [0.29, 0.717) is 11.4 Å². The molecule has 34 heavy (non-hydrogen) atoms. The van der Waals surface area contributed by atoms with Crippen LogP contribution >= 0.6 is 0 Å². The van der Waals surface area contributed by atoms with Crippen molar-refractivity contribution >= 4 is 38.8 Å². The molecule has 0 unspecified atom stereocenters. The third-order valence-electron chi connectivity index (χ3n) is 4.64. The van der Waals surface area contributed by atoms with Crippen LogP contribution in [0.5, 0.6) is 0 Å². The van der Waals surface area contributed by atoms with Crippen LogP contribution in [0.2, 0.25) is 0 Å². The second-order valence-electron chi connectivity index (χ2n) is 7.13. The molecule has 1 aromatic heterocycles. The highest BCUT2D eigenvalue weighted by Crippen LogP contribution is 2.22. The number of carbonyl (C=O) groups is 1. The number of nitrogens with zero attached hydrogens (tertiary/aromatic N) is 1. The Labute approximate surface area is 194 Å². The van der Waals surface area contributed by atoms with Gasteiger partial charge in [0.15, 0.2) is 0 Å². The molecular weight excluding hydrogens is 462 g/mol. The fraction of sp³-hybridized carbons (Fsp3) is 0. The minimum Gasteiger partial charge on any atom is -0.339 e. The zero-order valence-electron chi connectivity index (χ0n) is 17.5. The first-order valence-electron chi connectivity index (χ1n) is 9.97. The topological polar surface area (TPSA) is 100 Å². The van der Waals surface area contributed by atoms with Crippen molar-refractivity contribution in [3.63, 3.8) is 0 Å². The molecule has 1 amide bonds. The Balaban J connectivity index is 1.48. The normalized spacial score (nSPS) is 11.0. The first-order valence-corrected chi connectivity index (χ1v) is 11.5. The Morgan fingerprint density at radius 2 is 1.41 bits per heavy atom. The standard InChI is InChI=1S/C24H18F2N4O3S/c25-16-4-1-6-19(14-16)28-23-22(8-3-13-27-23)24(31)29-18-9-11-21(12-10-18)34(32,33)30-20-7-2-5-17(26)15-20/h1-15,30H,(H,27,28)(H,29,31). The maximum atomic E-state index is 13.5. The van der Waals surface area contributed by atoms with E-state index in [9.17, 15) is 22.0 Å². The molecule has 0 aliphatic heterocycles.